The molecule has 1 unspecified atom stereocenters. The van der Waals surface area contributed by atoms with E-state index in [4.69, 9.17) is 0 Å². The van der Waals surface area contributed by atoms with E-state index in [0.29, 0.717) is 0 Å². The van der Waals surface area contributed by atoms with Gasteiger partial charge in [-0.1, -0.05) is 0 Å². The van der Waals surface area contributed by atoms with E-state index in [2.05, 4.69) is 32.6 Å². The smallest absolute Gasteiger partial charge is 0.327 e. The van der Waals surface area contributed by atoms with Crippen molar-refractivity contribution in [2.45, 2.75) is 0 Å². The molecule has 4 nitrogen and oxygen atoms in total. The molecule has 0 N–H and O–H groups in total. The summed E-state index contributed by atoms with van der Waals surface area (Å²) in [4.78, 5) is 4.05. The van der Waals surface area contributed by atoms with Crippen LogP contribution in [0.15, 0.2) is 49.7 Å². The van der Waals surface area contributed by atoms with Crippen molar-refractivity contribution in [2.24, 2.45) is 7.05 Å². The van der Waals surface area contributed by atoms with Crippen LogP contribution in [0.5, 0.6) is 0 Å². The fraction of sp³-hybridized carbons (Fsp3) is 0.111. The van der Waals surface area contributed by atoms with Crippen molar-refractivity contribution in [1.82, 2.24) is 13.4 Å². The minimum Gasteiger partial charge on any atom is -0.327 e. The van der Waals surface area contributed by atoms with E-state index in [0.717, 1.165) is 0 Å². The van der Waals surface area contributed by atoms with E-state index in [9.17, 15) is 0 Å². The van der Waals surface area contributed by atoms with Crippen LogP contribution in [0.4, 0.5) is 0 Å². The molecular formula is C9H13N4Si+. The van der Waals surface area contributed by atoms with Crippen molar-refractivity contribution in [3.63, 3.8) is 0 Å². The zero-order valence-corrected chi connectivity index (χ0v) is 9.27. The fourth-order valence-corrected chi connectivity index (χ4v) is 3.31. The van der Waals surface area contributed by atoms with Crippen LogP contribution in [-0.2, 0) is 7.05 Å². The lowest BCUT2D eigenvalue weighted by atomic mass is 10.9. The largest absolute Gasteiger partial charge is 0.390 e. The standard InChI is InChI=1S/C9H13N4Si/c1-3-14(12-5-4-10-8-12)13-7-6-11(2)9-13/h3-9,14H,1H2,2H3/q+1. The lowest BCUT2D eigenvalue weighted by molar-refractivity contribution is -0.670. The van der Waals surface area contributed by atoms with Crippen molar-refractivity contribution in [3.8, 4) is 0 Å². The molecule has 72 valence electrons. The Balaban J connectivity index is 2.35. The second-order valence-electron chi connectivity index (χ2n) is 3.19. The van der Waals surface area contributed by atoms with E-state index in [1.54, 1.807) is 6.20 Å². The predicted octanol–water partition coefficient (Wildman–Crippen LogP) is -0.149. The number of aromatic nitrogens is 4. The summed E-state index contributed by atoms with van der Waals surface area (Å²) in [5.74, 6) is 0. The fourth-order valence-electron chi connectivity index (χ4n) is 1.45. The van der Waals surface area contributed by atoms with E-state index < -0.39 is 9.12 Å². The van der Waals surface area contributed by atoms with Gasteiger partial charge in [0.05, 0.1) is 13.4 Å². The Labute approximate surface area is 84.5 Å². The first kappa shape index (κ1) is 8.95. The Morgan fingerprint density at radius 3 is 2.79 bits per heavy atom. The summed E-state index contributed by atoms with van der Waals surface area (Å²) in [6.45, 7) is 3.89. The highest BCUT2D eigenvalue weighted by atomic mass is 28.3. The molecule has 0 aliphatic carbocycles. The zero-order chi connectivity index (χ0) is 9.97. The molecule has 0 radical (unpaired) electrons. The van der Waals surface area contributed by atoms with Crippen molar-refractivity contribution in [1.29, 1.82) is 0 Å². The summed E-state index contributed by atoms with van der Waals surface area (Å²) in [7, 11) is 0.667. The lowest BCUT2D eigenvalue weighted by Gasteiger charge is -2.06. The molecule has 2 aromatic heterocycles. The van der Waals surface area contributed by atoms with Gasteiger partial charge in [0.1, 0.15) is 12.4 Å². The molecule has 0 aromatic carbocycles. The van der Waals surface area contributed by atoms with Crippen molar-refractivity contribution < 1.29 is 4.57 Å². The molecule has 2 heterocycles. The average Bonchev–Trinajstić information content (AvgIpc) is 2.79. The van der Waals surface area contributed by atoms with Gasteiger partial charge in [-0.3, -0.25) is 4.23 Å². The molecule has 0 fully saturated rings. The van der Waals surface area contributed by atoms with Gasteiger partial charge in [-0.15, -0.1) is 6.58 Å². The van der Waals surface area contributed by atoms with Crippen LogP contribution in [0.2, 0.25) is 0 Å². The summed E-state index contributed by atoms with van der Waals surface area (Å²) in [6.07, 6.45) is 11.8. The third-order valence-electron chi connectivity index (χ3n) is 2.14. The van der Waals surface area contributed by atoms with Gasteiger partial charge < -0.3 is 4.23 Å². The molecule has 0 spiro atoms. The molecule has 0 aliphatic rings. The molecular weight excluding hydrogens is 192 g/mol. The van der Waals surface area contributed by atoms with Crippen LogP contribution < -0.4 is 4.57 Å². The first-order valence-electron chi connectivity index (χ1n) is 4.44. The van der Waals surface area contributed by atoms with Gasteiger partial charge in [-0.25, -0.2) is 9.55 Å². The summed E-state index contributed by atoms with van der Waals surface area (Å²) in [5, 5.41) is 0. The first-order valence-corrected chi connectivity index (χ1v) is 6.14. The van der Waals surface area contributed by atoms with E-state index in [-0.39, 0.29) is 0 Å². The molecule has 0 saturated carbocycles. The van der Waals surface area contributed by atoms with E-state index in [1.807, 2.05) is 36.0 Å². The lowest BCUT2D eigenvalue weighted by Crippen LogP contribution is -2.32. The molecule has 14 heavy (non-hydrogen) atoms. The average molecular weight is 205 g/mol. The summed E-state index contributed by atoms with van der Waals surface area (Å²) < 4.78 is 6.36. The zero-order valence-electron chi connectivity index (χ0n) is 8.11. The number of hydrogen-bond donors (Lipinski definition) is 0. The second kappa shape index (κ2) is 3.63. The van der Waals surface area contributed by atoms with Crippen molar-refractivity contribution in [3.05, 3.63) is 49.7 Å². The highest BCUT2D eigenvalue weighted by Gasteiger charge is 2.17. The van der Waals surface area contributed by atoms with Gasteiger partial charge in [0.2, 0.25) is 6.33 Å². The number of hydrogen-bond acceptors (Lipinski definition) is 1. The topological polar surface area (TPSA) is 26.6 Å². The van der Waals surface area contributed by atoms with Gasteiger partial charge in [-0.05, 0) is 5.70 Å². The summed E-state index contributed by atoms with van der Waals surface area (Å²) >= 11 is 0. The number of rotatable bonds is 3. The summed E-state index contributed by atoms with van der Waals surface area (Å²) in [6, 6.07) is 0. The van der Waals surface area contributed by atoms with Crippen molar-refractivity contribution >= 4 is 9.12 Å². The molecule has 0 bridgehead atoms. The minimum absolute atomic E-state index is 1.35. The molecule has 0 aliphatic heterocycles. The van der Waals surface area contributed by atoms with Crippen molar-refractivity contribution in [2.75, 3.05) is 0 Å². The number of aryl methyl sites for hydroxylation is 1. The van der Waals surface area contributed by atoms with Crippen LogP contribution in [0, 0.1) is 0 Å². The first-order chi connectivity index (χ1) is 6.81. The quantitative estimate of drug-likeness (QED) is 0.506. The van der Waals surface area contributed by atoms with E-state index >= 15 is 0 Å². The molecule has 5 heteroatoms. The third kappa shape index (κ3) is 1.54. The van der Waals surface area contributed by atoms with Crippen LogP contribution in [0.25, 0.3) is 0 Å². The van der Waals surface area contributed by atoms with Crippen LogP contribution in [0.1, 0.15) is 0 Å². The molecule has 1 atom stereocenters. The Morgan fingerprint density at radius 1 is 1.43 bits per heavy atom. The Hall–Kier alpha value is -1.62. The maximum absolute atomic E-state index is 4.05. The third-order valence-corrected chi connectivity index (χ3v) is 4.39. The van der Waals surface area contributed by atoms with Gasteiger partial charge in [0, 0.05) is 12.4 Å². The highest BCUT2D eigenvalue weighted by molar-refractivity contribution is 6.60. The molecule has 2 aromatic rings. The number of imidazole rings is 2. The number of nitrogens with zero attached hydrogens (tertiary/aromatic N) is 4. The summed E-state index contributed by atoms with van der Waals surface area (Å²) in [5.41, 5.74) is 2.02. The van der Waals surface area contributed by atoms with Gasteiger partial charge in [0.25, 0.3) is 0 Å². The molecule has 0 amide bonds. The highest BCUT2D eigenvalue weighted by Crippen LogP contribution is 1.95. The Bertz CT molecular complexity index is 418. The van der Waals surface area contributed by atoms with Gasteiger partial charge in [-0.2, -0.15) is 0 Å². The maximum atomic E-state index is 4.05. The molecule has 2 rings (SSSR count). The maximum Gasteiger partial charge on any atom is 0.390 e. The second-order valence-corrected chi connectivity index (χ2v) is 5.68. The van der Waals surface area contributed by atoms with Crippen LogP contribution in [-0.4, -0.2) is 22.6 Å². The predicted molar refractivity (Wildman–Crippen MR) is 56.0 cm³/mol. The minimum atomic E-state index is -1.35. The normalized spacial score (nSPS) is 12.6. The van der Waals surface area contributed by atoms with Gasteiger partial charge in [0.15, 0.2) is 0 Å². The van der Waals surface area contributed by atoms with E-state index in [1.165, 1.54) is 0 Å². The molecule has 0 saturated heterocycles. The Kier molecular flexibility index (Phi) is 2.32. The SMILES string of the molecule is C=C[SiH](n1ccnc1)n1cc[n+](C)c1. The Morgan fingerprint density at radius 2 is 2.29 bits per heavy atom. The monoisotopic (exact) mass is 205 g/mol. The van der Waals surface area contributed by atoms with Gasteiger partial charge >= 0.3 is 9.12 Å². The van der Waals surface area contributed by atoms with Crippen LogP contribution in [0.3, 0.4) is 0 Å². The van der Waals surface area contributed by atoms with Crippen LogP contribution >= 0.6 is 0 Å².